The second kappa shape index (κ2) is 9.87. The number of likely N-dealkylation sites (N-methyl/N-ethyl adjacent to an activating group) is 1. The van der Waals surface area contributed by atoms with Crippen LogP contribution in [0, 0.1) is 0 Å². The first-order valence-corrected chi connectivity index (χ1v) is 9.36. The van der Waals surface area contributed by atoms with E-state index in [-0.39, 0.29) is 41.3 Å². The van der Waals surface area contributed by atoms with Gasteiger partial charge in [-0.2, -0.15) is 0 Å². The second-order valence-electron chi connectivity index (χ2n) is 5.46. The lowest BCUT2D eigenvalue weighted by Crippen LogP contribution is -2.24. The topological polar surface area (TPSA) is 129 Å². The minimum absolute atomic E-state index is 0.0331. The van der Waals surface area contributed by atoms with Crippen LogP contribution in [0.5, 0.6) is 0 Å². The first kappa shape index (κ1) is 22.1. The van der Waals surface area contributed by atoms with Gasteiger partial charge in [-0.15, -0.1) is 0 Å². The van der Waals surface area contributed by atoms with Crippen LogP contribution >= 0.6 is 11.8 Å². The predicted octanol–water partition coefficient (Wildman–Crippen LogP) is 0.873. The fourth-order valence-corrected chi connectivity index (χ4v) is 3.16. The van der Waals surface area contributed by atoms with Crippen molar-refractivity contribution in [2.24, 2.45) is 4.99 Å². The van der Waals surface area contributed by atoms with E-state index in [0.717, 1.165) is 17.8 Å². The number of aliphatic imine (C=N–C) groups is 1. The Hall–Kier alpha value is -3.15. The molecule has 1 amide bonds. The molecule has 2 rings (SSSR count). The molecule has 0 aromatic carbocycles. The Labute approximate surface area is 170 Å². The molecule has 0 atom stereocenters. The van der Waals surface area contributed by atoms with Crippen LogP contribution in [-0.4, -0.2) is 70.8 Å². The largest absolute Gasteiger partial charge is 0.466 e. The van der Waals surface area contributed by atoms with Gasteiger partial charge in [0.2, 0.25) is 0 Å². The van der Waals surface area contributed by atoms with Crippen LogP contribution in [0.3, 0.4) is 0 Å². The number of esters is 3. The van der Waals surface area contributed by atoms with E-state index in [1.54, 1.807) is 13.8 Å². The highest BCUT2D eigenvalue weighted by Crippen LogP contribution is 2.32. The quantitative estimate of drug-likeness (QED) is 0.355. The number of amides is 1. The van der Waals surface area contributed by atoms with E-state index in [4.69, 9.17) is 9.47 Å². The molecule has 29 heavy (non-hydrogen) atoms. The molecule has 156 valence electrons. The molecule has 0 N–H and O–H groups in total. The van der Waals surface area contributed by atoms with Crippen LogP contribution in [0.25, 0.3) is 0 Å². The number of amidine groups is 1. The van der Waals surface area contributed by atoms with Gasteiger partial charge in [0.1, 0.15) is 6.54 Å². The maximum Gasteiger partial charge on any atom is 0.358 e. The lowest BCUT2D eigenvalue weighted by atomic mass is 10.4. The molecular weight excluding hydrogens is 404 g/mol. The highest BCUT2D eigenvalue weighted by atomic mass is 32.2. The Balaban J connectivity index is 2.41. The summed E-state index contributed by atoms with van der Waals surface area (Å²) in [6.07, 6.45) is 2.31. The van der Waals surface area contributed by atoms with E-state index in [1.165, 1.54) is 30.0 Å². The van der Waals surface area contributed by atoms with Crippen molar-refractivity contribution in [3.05, 3.63) is 23.0 Å². The maximum atomic E-state index is 12.4. The van der Waals surface area contributed by atoms with Crippen LogP contribution in [0.2, 0.25) is 0 Å². The fourth-order valence-electron chi connectivity index (χ4n) is 2.24. The van der Waals surface area contributed by atoms with Crippen LogP contribution in [-0.2, 0) is 35.1 Å². The van der Waals surface area contributed by atoms with Crippen LogP contribution in [0.15, 0.2) is 22.3 Å². The van der Waals surface area contributed by atoms with Gasteiger partial charge in [-0.25, -0.2) is 19.6 Å². The zero-order valence-corrected chi connectivity index (χ0v) is 17.1. The number of rotatable bonds is 7. The third-order valence-electron chi connectivity index (χ3n) is 3.55. The number of hydrogen-bond acceptors (Lipinski definition) is 10. The van der Waals surface area contributed by atoms with Gasteiger partial charge in [0.25, 0.3) is 5.91 Å². The molecule has 0 bridgehead atoms. The molecule has 0 aliphatic carbocycles. The molecule has 12 heteroatoms. The van der Waals surface area contributed by atoms with Crippen molar-refractivity contribution < 1.29 is 33.4 Å². The normalized spacial score (nSPS) is 16.4. The molecular formula is C17H20N4O7S. The van der Waals surface area contributed by atoms with E-state index in [9.17, 15) is 19.2 Å². The summed E-state index contributed by atoms with van der Waals surface area (Å²) in [6.45, 7) is 3.35. The first-order chi connectivity index (χ1) is 13.8. The zero-order chi connectivity index (χ0) is 21.6. The highest BCUT2D eigenvalue weighted by Gasteiger charge is 2.32. The summed E-state index contributed by atoms with van der Waals surface area (Å²) in [5.41, 5.74) is -0.0563. The van der Waals surface area contributed by atoms with Gasteiger partial charge in [-0.05, 0) is 25.6 Å². The summed E-state index contributed by atoms with van der Waals surface area (Å²) in [4.78, 5) is 57.5. The van der Waals surface area contributed by atoms with Crippen molar-refractivity contribution in [2.45, 2.75) is 20.4 Å². The van der Waals surface area contributed by atoms with Crippen LogP contribution < -0.4 is 0 Å². The Morgan fingerprint density at radius 3 is 2.55 bits per heavy atom. The molecule has 11 nitrogen and oxygen atoms in total. The van der Waals surface area contributed by atoms with Crippen molar-refractivity contribution in [1.82, 2.24) is 14.5 Å². The lowest BCUT2D eigenvalue weighted by molar-refractivity contribution is -0.143. The predicted molar refractivity (Wildman–Crippen MR) is 102 cm³/mol. The molecule has 2 heterocycles. The van der Waals surface area contributed by atoms with Crippen molar-refractivity contribution in [2.75, 3.05) is 27.4 Å². The van der Waals surface area contributed by atoms with Crippen molar-refractivity contribution in [3.8, 4) is 0 Å². The zero-order valence-electron chi connectivity index (χ0n) is 16.3. The number of hydrogen-bond donors (Lipinski definition) is 0. The third-order valence-corrected chi connectivity index (χ3v) is 4.61. The molecule has 0 spiro atoms. The second-order valence-corrected chi connectivity index (χ2v) is 6.47. The first-order valence-electron chi connectivity index (χ1n) is 8.54. The summed E-state index contributed by atoms with van der Waals surface area (Å²) in [5.74, 6) is -2.45. The van der Waals surface area contributed by atoms with Gasteiger partial charge < -0.3 is 18.8 Å². The number of ether oxygens (including phenoxy) is 3. The molecule has 0 radical (unpaired) electrons. The Bertz CT molecular complexity index is 890. The standard InChI is InChI=1S/C17H20N4O7S/c1-5-27-12(23)8-21-9-18-14(13(21)16(25)28-6-2)19-17-20(3)15(24)10(29-17)7-11(22)26-4/h7,9H,5-6,8H2,1-4H3/b10-7+,19-17?. The van der Waals surface area contributed by atoms with Crippen LogP contribution in [0.4, 0.5) is 5.82 Å². The molecule has 1 fully saturated rings. The highest BCUT2D eigenvalue weighted by molar-refractivity contribution is 8.18. The number of thioether (sulfide) groups is 1. The van der Waals surface area contributed by atoms with Crippen molar-refractivity contribution >= 4 is 46.6 Å². The lowest BCUT2D eigenvalue weighted by Gasteiger charge is -2.09. The van der Waals surface area contributed by atoms with E-state index in [2.05, 4.69) is 14.7 Å². The van der Waals surface area contributed by atoms with Crippen LogP contribution in [0.1, 0.15) is 24.3 Å². The summed E-state index contributed by atoms with van der Waals surface area (Å²) in [5, 5.41) is 0.192. The van der Waals surface area contributed by atoms with E-state index in [0.29, 0.717) is 0 Å². The number of carbonyl (C=O) groups excluding carboxylic acids is 4. The maximum absolute atomic E-state index is 12.4. The minimum Gasteiger partial charge on any atom is -0.466 e. The average molecular weight is 424 g/mol. The molecule has 1 aliphatic heterocycles. The molecule has 1 aromatic rings. The number of methoxy groups -OCH3 is 1. The number of aromatic nitrogens is 2. The molecule has 1 aliphatic rings. The van der Waals surface area contributed by atoms with Crippen molar-refractivity contribution in [3.63, 3.8) is 0 Å². The average Bonchev–Trinajstić information content (AvgIpc) is 3.18. The smallest absolute Gasteiger partial charge is 0.358 e. The van der Waals surface area contributed by atoms with Gasteiger partial charge in [0.05, 0.1) is 31.6 Å². The summed E-state index contributed by atoms with van der Waals surface area (Å²) in [6, 6.07) is 0. The summed E-state index contributed by atoms with van der Waals surface area (Å²) in [7, 11) is 2.66. The fraction of sp³-hybridized carbons (Fsp3) is 0.412. The Morgan fingerprint density at radius 1 is 1.24 bits per heavy atom. The van der Waals surface area contributed by atoms with E-state index < -0.39 is 23.8 Å². The molecule has 1 aromatic heterocycles. The van der Waals surface area contributed by atoms with Gasteiger partial charge in [-0.3, -0.25) is 14.5 Å². The molecule has 0 unspecified atom stereocenters. The van der Waals surface area contributed by atoms with E-state index >= 15 is 0 Å². The monoisotopic (exact) mass is 424 g/mol. The number of carbonyl (C=O) groups is 4. The summed E-state index contributed by atoms with van der Waals surface area (Å²) >= 11 is 0.924. The van der Waals surface area contributed by atoms with Gasteiger partial charge >= 0.3 is 17.9 Å². The third kappa shape index (κ3) is 5.22. The van der Waals surface area contributed by atoms with E-state index in [1.807, 2.05) is 0 Å². The van der Waals surface area contributed by atoms with Crippen molar-refractivity contribution in [1.29, 1.82) is 0 Å². The Kier molecular flexibility index (Phi) is 7.53. The summed E-state index contributed by atoms with van der Waals surface area (Å²) < 4.78 is 15.7. The molecule has 1 saturated heterocycles. The SMILES string of the molecule is CCOC(=O)Cn1cnc(N=C2S/C(=C/C(=O)OC)C(=O)N2C)c1C(=O)OCC. The number of nitrogens with zero attached hydrogens (tertiary/aromatic N) is 4. The number of imidazole rings is 1. The van der Waals surface area contributed by atoms with Gasteiger partial charge in [-0.1, -0.05) is 0 Å². The Morgan fingerprint density at radius 2 is 1.93 bits per heavy atom. The van der Waals surface area contributed by atoms with Gasteiger partial charge in [0, 0.05) is 13.1 Å². The van der Waals surface area contributed by atoms with Gasteiger partial charge in [0.15, 0.2) is 16.7 Å². The molecule has 0 saturated carbocycles. The minimum atomic E-state index is -0.726.